The number of hydrogen-bond acceptors (Lipinski definition) is 0. The van der Waals surface area contributed by atoms with Crippen molar-refractivity contribution in [2.45, 2.75) is 30.6 Å². The van der Waals surface area contributed by atoms with E-state index >= 15 is 0 Å². The second-order valence-corrected chi connectivity index (χ2v) is 7.06. The summed E-state index contributed by atoms with van der Waals surface area (Å²) in [6.45, 7) is 11.9. The molecular weight excluding hydrogens is 328 g/mol. The Hall–Kier alpha value is -3.00. The normalized spacial score (nSPS) is 11.4. The van der Waals surface area contributed by atoms with Crippen LogP contribution in [0.1, 0.15) is 47.7 Å². The van der Waals surface area contributed by atoms with Crippen molar-refractivity contribution in [3.8, 4) is 0 Å². The van der Waals surface area contributed by atoms with E-state index in [2.05, 4.69) is 66.1 Å². The van der Waals surface area contributed by atoms with E-state index in [9.17, 15) is 0 Å². The van der Waals surface area contributed by atoms with Crippen LogP contribution in [0.5, 0.6) is 0 Å². The van der Waals surface area contributed by atoms with E-state index in [0.29, 0.717) is 0 Å². The first-order valence-electron chi connectivity index (χ1n) is 9.44. The summed E-state index contributed by atoms with van der Waals surface area (Å²) in [5.41, 5.74) is 4.91. The van der Waals surface area contributed by atoms with Crippen molar-refractivity contribution < 1.29 is 0 Å². The molecule has 0 spiro atoms. The van der Waals surface area contributed by atoms with Gasteiger partial charge in [-0.25, -0.2) is 0 Å². The second-order valence-electron chi connectivity index (χ2n) is 7.06. The molecule has 2 heterocycles. The molecule has 2 N–H and O–H groups in total. The summed E-state index contributed by atoms with van der Waals surface area (Å²) in [5, 5.41) is 0. The van der Waals surface area contributed by atoms with Gasteiger partial charge in [-0.2, -0.15) is 0 Å². The quantitative estimate of drug-likeness (QED) is 0.389. The van der Waals surface area contributed by atoms with E-state index < -0.39 is 0 Å². The lowest BCUT2D eigenvalue weighted by Gasteiger charge is -2.32. The first kappa shape index (κ1) is 18.8. The van der Waals surface area contributed by atoms with Crippen LogP contribution in [0, 0.1) is 0 Å². The lowest BCUT2D eigenvalue weighted by atomic mass is 9.72. The molecule has 0 aliphatic rings. The van der Waals surface area contributed by atoms with Gasteiger partial charge in [-0.05, 0) is 54.7 Å². The van der Waals surface area contributed by atoms with Gasteiger partial charge >= 0.3 is 0 Å². The van der Waals surface area contributed by atoms with Gasteiger partial charge in [0.15, 0.2) is 0 Å². The van der Waals surface area contributed by atoms with E-state index in [4.69, 9.17) is 0 Å². The maximum absolute atomic E-state index is 3.97. The van der Waals surface area contributed by atoms with Crippen molar-refractivity contribution in [1.82, 2.24) is 9.97 Å². The molecule has 2 aromatic heterocycles. The number of aromatic amines is 2. The summed E-state index contributed by atoms with van der Waals surface area (Å²) in [7, 11) is 0. The average Bonchev–Trinajstić information content (AvgIpc) is 3.38. The van der Waals surface area contributed by atoms with Crippen LogP contribution < -0.4 is 0 Å². The zero-order chi connectivity index (χ0) is 19.1. The summed E-state index contributed by atoms with van der Waals surface area (Å²) < 4.78 is 0. The zero-order valence-corrected chi connectivity index (χ0v) is 15.8. The highest BCUT2D eigenvalue weighted by Gasteiger charge is 2.29. The molecule has 0 atom stereocenters. The summed E-state index contributed by atoms with van der Waals surface area (Å²) in [6.07, 6.45) is 12.7. The molecule has 2 heteroatoms. The molecule has 0 bridgehead atoms. The van der Waals surface area contributed by atoms with Crippen molar-refractivity contribution in [3.05, 3.63) is 121 Å². The van der Waals surface area contributed by atoms with Gasteiger partial charge in [-0.15, -0.1) is 19.7 Å². The lowest BCUT2D eigenvalue weighted by molar-refractivity contribution is 0.442. The van der Waals surface area contributed by atoms with Crippen molar-refractivity contribution in [3.63, 3.8) is 0 Å². The monoisotopic (exact) mass is 356 g/mol. The van der Waals surface area contributed by atoms with Crippen LogP contribution in [0.3, 0.4) is 0 Å². The number of H-pyrrole nitrogens is 2. The summed E-state index contributed by atoms with van der Waals surface area (Å²) in [4.78, 5) is 6.74. The number of allylic oxidation sites excluding steroid dienone is 3. The Labute approximate surface area is 162 Å². The number of nitrogens with one attached hydrogen (secondary N) is 2. The van der Waals surface area contributed by atoms with E-state index in [-0.39, 0.29) is 11.3 Å². The molecule has 0 saturated heterocycles. The van der Waals surface area contributed by atoms with Crippen molar-refractivity contribution in [1.29, 1.82) is 0 Å². The predicted octanol–water partition coefficient (Wildman–Crippen LogP) is 6.49. The number of benzene rings is 1. The van der Waals surface area contributed by atoms with E-state index in [1.165, 1.54) is 22.5 Å². The number of hydrogen-bond donors (Lipinski definition) is 2. The molecule has 27 heavy (non-hydrogen) atoms. The van der Waals surface area contributed by atoms with Gasteiger partial charge in [0, 0.05) is 29.2 Å². The molecule has 0 amide bonds. The van der Waals surface area contributed by atoms with Gasteiger partial charge in [0.25, 0.3) is 0 Å². The summed E-state index contributed by atoms with van der Waals surface area (Å²) in [6, 6.07) is 17.4. The zero-order valence-electron chi connectivity index (χ0n) is 15.8. The average molecular weight is 357 g/mol. The molecule has 2 nitrogen and oxygen atoms in total. The molecule has 138 valence electrons. The van der Waals surface area contributed by atoms with Crippen LogP contribution in [0.2, 0.25) is 0 Å². The molecule has 3 rings (SSSR count). The summed E-state index contributed by atoms with van der Waals surface area (Å²) >= 11 is 0. The smallest absolute Gasteiger partial charge is 0.0641 e. The van der Waals surface area contributed by atoms with Gasteiger partial charge in [0.2, 0.25) is 0 Å². The van der Waals surface area contributed by atoms with Crippen LogP contribution >= 0.6 is 0 Å². The van der Waals surface area contributed by atoms with Gasteiger partial charge in [0.1, 0.15) is 0 Å². The highest BCUT2D eigenvalue weighted by Crippen LogP contribution is 2.38. The third-order valence-electron chi connectivity index (χ3n) is 5.33. The molecule has 3 aromatic rings. The van der Waals surface area contributed by atoms with E-state index in [0.717, 1.165) is 19.3 Å². The highest BCUT2D eigenvalue weighted by atomic mass is 14.7. The largest absolute Gasteiger partial charge is 0.364 e. The van der Waals surface area contributed by atoms with Gasteiger partial charge in [-0.1, -0.05) is 42.5 Å². The van der Waals surface area contributed by atoms with Crippen LogP contribution in [0.25, 0.3) is 0 Å². The van der Waals surface area contributed by atoms with Crippen LogP contribution in [0.15, 0.2) is 98.9 Å². The predicted molar refractivity (Wildman–Crippen MR) is 115 cm³/mol. The first-order chi connectivity index (χ1) is 13.2. The fourth-order valence-electron chi connectivity index (χ4n) is 4.04. The van der Waals surface area contributed by atoms with Crippen molar-refractivity contribution >= 4 is 0 Å². The molecule has 0 saturated carbocycles. The highest BCUT2D eigenvalue weighted by molar-refractivity contribution is 5.41. The third kappa shape index (κ3) is 3.90. The molecule has 0 radical (unpaired) electrons. The van der Waals surface area contributed by atoms with E-state index in [1.807, 2.05) is 42.8 Å². The number of rotatable bonds is 10. The topological polar surface area (TPSA) is 31.6 Å². The fraction of sp³-hybridized carbons (Fsp3) is 0.200. The van der Waals surface area contributed by atoms with E-state index in [1.54, 1.807) is 0 Å². The lowest BCUT2D eigenvalue weighted by Crippen LogP contribution is -2.24. The molecular formula is C25H28N2. The van der Waals surface area contributed by atoms with Crippen LogP contribution in [0.4, 0.5) is 0 Å². The Balaban J connectivity index is 2.00. The standard InChI is InChI=1S/C25H28N2/c1-4-15-25(16-5-2,17-6-3)21-13-11-20(12-14-21)24(22-9-7-18-26-22)23-10-8-19-27-23/h4-14,18-19,24,26-27H,1-3,15-17H2. The molecule has 0 aliphatic heterocycles. The molecule has 0 aliphatic carbocycles. The Bertz CT molecular complexity index is 791. The Morgan fingerprint density at radius 3 is 1.59 bits per heavy atom. The first-order valence-corrected chi connectivity index (χ1v) is 9.44. The maximum Gasteiger partial charge on any atom is 0.0641 e. The van der Waals surface area contributed by atoms with Gasteiger partial charge in [0.05, 0.1) is 5.92 Å². The number of aromatic nitrogens is 2. The molecule has 1 aromatic carbocycles. The Kier molecular flexibility index (Phi) is 5.97. The molecule has 0 unspecified atom stereocenters. The third-order valence-corrected chi connectivity index (χ3v) is 5.33. The molecule has 0 fully saturated rings. The SMILES string of the molecule is C=CCC(CC=C)(CC=C)c1ccc(C(c2ccc[nH]2)c2ccc[nH]2)cc1. The second kappa shape index (κ2) is 8.59. The Morgan fingerprint density at radius 2 is 1.22 bits per heavy atom. The van der Waals surface area contributed by atoms with Crippen LogP contribution in [-0.2, 0) is 5.41 Å². The van der Waals surface area contributed by atoms with Gasteiger partial charge in [-0.3, -0.25) is 0 Å². The Morgan fingerprint density at radius 1 is 0.741 bits per heavy atom. The minimum absolute atomic E-state index is 0.0157. The minimum Gasteiger partial charge on any atom is -0.364 e. The van der Waals surface area contributed by atoms with Gasteiger partial charge < -0.3 is 9.97 Å². The maximum atomic E-state index is 3.97. The summed E-state index contributed by atoms with van der Waals surface area (Å²) in [5.74, 6) is 0.164. The van der Waals surface area contributed by atoms with Crippen LogP contribution in [-0.4, -0.2) is 9.97 Å². The van der Waals surface area contributed by atoms with Crippen molar-refractivity contribution in [2.75, 3.05) is 0 Å². The fourth-order valence-corrected chi connectivity index (χ4v) is 4.04. The van der Waals surface area contributed by atoms with Crippen molar-refractivity contribution in [2.24, 2.45) is 0 Å². The minimum atomic E-state index is -0.0157.